The molecular formula is C57H54O10S. The minimum absolute atomic E-state index is 0.232. The van der Waals surface area contributed by atoms with E-state index < -0.39 is 73.1 Å². The van der Waals surface area contributed by atoms with Crippen molar-refractivity contribution in [2.75, 3.05) is 13.2 Å². The molecule has 11 rings (SSSR count). The smallest absolute Gasteiger partial charge is 0.187 e. The normalized spacial score (nSPS) is 29.2. The molecule has 0 aromatic heterocycles. The van der Waals surface area contributed by atoms with Gasteiger partial charge in [-0.25, -0.2) is 0 Å². The van der Waals surface area contributed by atoms with Gasteiger partial charge in [0.25, 0.3) is 0 Å². The molecule has 10 nitrogen and oxygen atoms in total. The van der Waals surface area contributed by atoms with Gasteiger partial charge >= 0.3 is 0 Å². The lowest BCUT2D eigenvalue weighted by atomic mass is 9.95. The molecule has 0 saturated carbocycles. The highest BCUT2D eigenvalue weighted by Gasteiger charge is 2.57. The molecule has 0 amide bonds. The molecule has 348 valence electrons. The lowest BCUT2D eigenvalue weighted by molar-refractivity contribution is -0.393. The quantitative estimate of drug-likeness (QED) is 0.0984. The molecule has 4 heterocycles. The van der Waals surface area contributed by atoms with Crippen LogP contribution in [0.3, 0.4) is 0 Å². The number of ether oxygens (including phenoxy) is 10. The maximum Gasteiger partial charge on any atom is 0.187 e. The van der Waals surface area contributed by atoms with E-state index in [9.17, 15) is 0 Å². The number of hydrogen-bond donors (Lipinski definition) is 0. The van der Waals surface area contributed by atoms with Crippen molar-refractivity contribution in [1.29, 1.82) is 0 Å². The zero-order valence-corrected chi connectivity index (χ0v) is 38.2. The van der Waals surface area contributed by atoms with Gasteiger partial charge in [0.15, 0.2) is 18.9 Å². The number of thioether (sulfide) groups is 1. The summed E-state index contributed by atoms with van der Waals surface area (Å²) in [6.45, 7) is 1.39. The molecule has 0 N–H and O–H groups in total. The molecule has 0 bridgehead atoms. The summed E-state index contributed by atoms with van der Waals surface area (Å²) < 4.78 is 69.5. The minimum atomic E-state index is -0.998. The van der Waals surface area contributed by atoms with Crippen LogP contribution in [0.2, 0.25) is 0 Å². The lowest BCUT2D eigenvalue weighted by Crippen LogP contribution is -2.67. The molecule has 7 aromatic rings. The van der Waals surface area contributed by atoms with Gasteiger partial charge in [0.2, 0.25) is 0 Å². The molecule has 4 aliphatic heterocycles. The number of fused-ring (bicyclic) bond motifs is 3. The SMILES string of the molecule is c1ccc(CO[C@@H]2[C@H](OCc3ccccc3)[C@H](O[C@H]3[C@@H](OCc4ccc5ccccc5c4)[C@@H]4OC(c5ccccc5)OC[C@H]4O[C@@H]3Sc3ccccc3)O[C@@H]3COC(c4ccccc4)O[C@@H]23)cc1. The van der Waals surface area contributed by atoms with E-state index in [1.54, 1.807) is 11.8 Å². The van der Waals surface area contributed by atoms with Crippen LogP contribution in [0.15, 0.2) is 199 Å². The average molecular weight is 931 g/mol. The molecule has 4 fully saturated rings. The highest BCUT2D eigenvalue weighted by molar-refractivity contribution is 7.99. The van der Waals surface area contributed by atoms with Gasteiger partial charge in [-0.05, 0) is 45.7 Å². The van der Waals surface area contributed by atoms with Crippen molar-refractivity contribution in [3.63, 3.8) is 0 Å². The van der Waals surface area contributed by atoms with Crippen LogP contribution in [0.1, 0.15) is 40.4 Å². The van der Waals surface area contributed by atoms with E-state index in [0.717, 1.165) is 43.5 Å². The highest BCUT2D eigenvalue weighted by Crippen LogP contribution is 2.44. The van der Waals surface area contributed by atoms with Crippen LogP contribution in [-0.4, -0.2) is 73.8 Å². The third-order valence-electron chi connectivity index (χ3n) is 12.8. The molecule has 4 saturated heterocycles. The van der Waals surface area contributed by atoms with E-state index >= 15 is 0 Å². The largest absolute Gasteiger partial charge is 0.368 e. The fraction of sp³-hybridized carbons (Fsp3) is 0.298. The van der Waals surface area contributed by atoms with E-state index in [1.165, 1.54) is 0 Å². The van der Waals surface area contributed by atoms with Crippen molar-refractivity contribution >= 4 is 22.5 Å². The summed E-state index contributed by atoms with van der Waals surface area (Å²) in [4.78, 5) is 1.00. The first-order valence-electron chi connectivity index (χ1n) is 23.4. The van der Waals surface area contributed by atoms with Crippen LogP contribution in [0.5, 0.6) is 0 Å². The molecule has 7 aromatic carbocycles. The van der Waals surface area contributed by atoms with E-state index in [1.807, 2.05) is 127 Å². The molecule has 0 radical (unpaired) electrons. The summed E-state index contributed by atoms with van der Waals surface area (Å²) in [5, 5.41) is 2.29. The Bertz CT molecular complexity index is 2650. The number of benzene rings is 7. The van der Waals surface area contributed by atoms with Crippen LogP contribution in [0.4, 0.5) is 0 Å². The summed E-state index contributed by atoms with van der Waals surface area (Å²) in [5.41, 5.74) is 4.23. The zero-order chi connectivity index (χ0) is 45.5. The second-order valence-electron chi connectivity index (χ2n) is 17.5. The fourth-order valence-electron chi connectivity index (χ4n) is 9.40. The van der Waals surface area contributed by atoms with E-state index in [2.05, 4.69) is 66.7 Å². The maximum absolute atomic E-state index is 7.49. The Balaban J connectivity index is 0.973. The minimum Gasteiger partial charge on any atom is -0.368 e. The first kappa shape index (κ1) is 45.2. The topological polar surface area (TPSA) is 92.3 Å². The Morgan fingerprint density at radius 3 is 1.47 bits per heavy atom. The third kappa shape index (κ3) is 10.5. The Morgan fingerprint density at radius 1 is 0.412 bits per heavy atom. The number of hydrogen-bond acceptors (Lipinski definition) is 11. The molecule has 2 unspecified atom stereocenters. The monoisotopic (exact) mass is 930 g/mol. The predicted molar refractivity (Wildman–Crippen MR) is 257 cm³/mol. The van der Waals surface area contributed by atoms with Gasteiger partial charge in [-0.2, -0.15) is 0 Å². The van der Waals surface area contributed by atoms with Crippen LogP contribution in [0, 0.1) is 0 Å². The second kappa shape index (κ2) is 21.6. The lowest BCUT2D eigenvalue weighted by Gasteiger charge is -2.52. The number of rotatable bonds is 15. The fourth-order valence-corrected chi connectivity index (χ4v) is 10.5. The molecule has 68 heavy (non-hydrogen) atoms. The molecule has 0 spiro atoms. The standard InChI is InChI=1S/C57H54O10S/c1-6-18-38(19-7-1)33-58-50-48-46(36-61-54(65-48)42-23-10-3-11-24-42)63-56(52(50)60-34-39-20-8-2-9-21-39)67-53-51(59-35-40-30-31-41-22-16-17-27-44(41)32-40)49-47(64-57(53)68-45-28-14-5-15-29-45)37-62-55(66-49)43-25-12-4-13-26-43/h1-32,46-57H,33-37H2/t46-,47-,48-,49-,50+,51+,52+,53+,54?,55?,56+,57-/m1/s1. The zero-order valence-electron chi connectivity index (χ0n) is 37.4. The summed E-state index contributed by atoms with van der Waals surface area (Å²) in [6.07, 6.45) is -7.39. The first-order valence-corrected chi connectivity index (χ1v) is 24.3. The van der Waals surface area contributed by atoms with Gasteiger partial charge in [-0.1, -0.05) is 188 Å². The molecular weight excluding hydrogens is 877 g/mol. The predicted octanol–water partition coefficient (Wildman–Crippen LogP) is 10.8. The van der Waals surface area contributed by atoms with E-state index in [-0.39, 0.29) is 26.4 Å². The van der Waals surface area contributed by atoms with E-state index in [0.29, 0.717) is 6.61 Å². The van der Waals surface area contributed by atoms with Crippen molar-refractivity contribution in [3.05, 3.63) is 222 Å². The van der Waals surface area contributed by atoms with Crippen LogP contribution in [-0.2, 0) is 67.2 Å². The van der Waals surface area contributed by atoms with Gasteiger partial charge < -0.3 is 47.4 Å². The van der Waals surface area contributed by atoms with E-state index in [4.69, 9.17) is 47.4 Å². The van der Waals surface area contributed by atoms with Gasteiger partial charge in [0.05, 0.1) is 33.0 Å². The van der Waals surface area contributed by atoms with Crippen LogP contribution < -0.4 is 0 Å². The second-order valence-corrected chi connectivity index (χ2v) is 18.6. The summed E-state index contributed by atoms with van der Waals surface area (Å²) in [7, 11) is 0. The Labute approximate surface area is 401 Å². The van der Waals surface area contributed by atoms with Crippen molar-refractivity contribution in [2.24, 2.45) is 0 Å². The summed E-state index contributed by atoms with van der Waals surface area (Å²) in [5.74, 6) is 0. The Kier molecular flexibility index (Phi) is 14.4. The highest BCUT2D eigenvalue weighted by atomic mass is 32.2. The third-order valence-corrected chi connectivity index (χ3v) is 14.0. The van der Waals surface area contributed by atoms with Gasteiger partial charge in [0, 0.05) is 16.0 Å². The average Bonchev–Trinajstić information content (AvgIpc) is 3.40. The van der Waals surface area contributed by atoms with Crippen molar-refractivity contribution < 1.29 is 47.4 Å². The van der Waals surface area contributed by atoms with Crippen molar-refractivity contribution in [3.8, 4) is 0 Å². The van der Waals surface area contributed by atoms with Crippen molar-refractivity contribution in [2.45, 2.75) is 97.9 Å². The maximum atomic E-state index is 7.49. The summed E-state index contributed by atoms with van der Waals surface area (Å²) in [6, 6.07) is 65.1. The summed E-state index contributed by atoms with van der Waals surface area (Å²) >= 11 is 1.57. The van der Waals surface area contributed by atoms with Gasteiger partial charge in [-0.15, -0.1) is 0 Å². The van der Waals surface area contributed by atoms with Gasteiger partial charge in [-0.3, -0.25) is 0 Å². The molecule has 0 aliphatic carbocycles. The van der Waals surface area contributed by atoms with Crippen LogP contribution in [0.25, 0.3) is 10.8 Å². The molecule has 11 heteroatoms. The van der Waals surface area contributed by atoms with Crippen LogP contribution >= 0.6 is 11.8 Å². The molecule has 4 aliphatic rings. The Morgan fingerprint density at radius 2 is 0.882 bits per heavy atom. The van der Waals surface area contributed by atoms with Crippen molar-refractivity contribution in [1.82, 2.24) is 0 Å². The van der Waals surface area contributed by atoms with Gasteiger partial charge in [0.1, 0.15) is 54.3 Å². The Hall–Kier alpha value is -5.25. The first-order chi connectivity index (χ1) is 33.7. The molecule has 12 atom stereocenters.